The van der Waals surface area contributed by atoms with Gasteiger partial charge >= 0.3 is 0 Å². The van der Waals surface area contributed by atoms with Gasteiger partial charge in [0.2, 0.25) is 5.91 Å². The number of carboxylic acids is 1. The number of likely N-dealkylation sites (N-methyl/N-ethyl adjacent to an activating group) is 1. The average molecular weight is 439 g/mol. The van der Waals surface area contributed by atoms with E-state index in [0.717, 1.165) is 25.9 Å². The maximum Gasteiger partial charge on any atom is 0.285 e. The van der Waals surface area contributed by atoms with Crippen LogP contribution in [0.2, 0.25) is 0 Å². The number of hydrogen-bond donors (Lipinski definition) is 1. The molecule has 1 aliphatic heterocycles. The fourth-order valence-corrected chi connectivity index (χ4v) is 1.76. The summed E-state index contributed by atoms with van der Waals surface area (Å²) in [6.45, 7) is 8.94. The van der Waals surface area contributed by atoms with E-state index in [1.807, 2.05) is 18.7 Å². The van der Waals surface area contributed by atoms with Crippen LogP contribution in [0.1, 0.15) is 26.7 Å². The van der Waals surface area contributed by atoms with Gasteiger partial charge in [0.05, 0.1) is 0 Å². The normalized spacial score (nSPS) is 15.1. The van der Waals surface area contributed by atoms with Crippen molar-refractivity contribution in [2.24, 2.45) is 5.92 Å². The molecule has 0 aliphatic carbocycles. The molecule has 1 N–H and O–H groups in total. The first kappa shape index (κ1) is 20.6. The molecule has 0 bridgehead atoms. The average Bonchev–Trinajstić information content (AvgIpc) is 2.82. The van der Waals surface area contributed by atoms with E-state index in [-0.39, 0.29) is 32.9 Å². The Kier molecular flexibility index (Phi) is 12.1. The molecule has 1 saturated heterocycles. The number of amides is 1. The van der Waals surface area contributed by atoms with Gasteiger partial charge in [0, 0.05) is 34.2 Å². The number of nitrogens with zero attached hydrogens (tertiary/aromatic N) is 2. The van der Waals surface area contributed by atoms with Gasteiger partial charge in [-0.1, -0.05) is 26.3 Å². The van der Waals surface area contributed by atoms with Crippen LogP contribution in [0.3, 0.4) is 0 Å². The van der Waals surface area contributed by atoms with E-state index in [4.69, 9.17) is 5.11 Å². The van der Waals surface area contributed by atoms with Crippen LogP contribution in [0.25, 0.3) is 5.32 Å². The van der Waals surface area contributed by atoms with Gasteiger partial charge in [-0.15, -0.1) is 0 Å². The molecule has 1 atom stereocenters. The molecule has 1 rings (SSSR count). The molecule has 1 amide bonds. The predicted octanol–water partition coefficient (Wildman–Crippen LogP) is 1.89. The zero-order chi connectivity index (χ0) is 14.1. The molecule has 0 aromatic rings. The molecule has 5 nitrogen and oxygen atoms in total. The topological polar surface area (TPSA) is 71.7 Å². The summed E-state index contributed by atoms with van der Waals surface area (Å²) in [7, 11) is 1.53. The number of hydrogen-bond acceptors (Lipinski definition) is 2. The van der Waals surface area contributed by atoms with Crippen LogP contribution in [-0.2, 0) is 30.7 Å². The molecular weight excluding hydrogens is 416 g/mol. The van der Waals surface area contributed by atoms with Crippen LogP contribution < -0.4 is 0 Å². The minimum Gasteiger partial charge on any atom is -0.653 e. The third-order valence-electron chi connectivity index (χ3n) is 2.76. The maximum atomic E-state index is 10.8. The Balaban J connectivity index is 0. The number of carbonyl (C=O) groups excluding carboxylic acids is 1. The molecular formula is C13H23N2O3W-. The number of likely N-dealkylation sites (tertiary alicyclic amines) is 1. The molecule has 1 fully saturated rings. The van der Waals surface area contributed by atoms with E-state index in [9.17, 15) is 9.59 Å². The van der Waals surface area contributed by atoms with Crippen molar-refractivity contribution in [3.8, 4) is 0 Å². The molecule has 0 spiro atoms. The Labute approximate surface area is 129 Å². The Morgan fingerprint density at radius 2 is 1.79 bits per heavy atom. The van der Waals surface area contributed by atoms with E-state index >= 15 is 0 Å². The smallest absolute Gasteiger partial charge is 0.285 e. The summed E-state index contributed by atoms with van der Waals surface area (Å²) in [5.74, 6) is -0.674. The van der Waals surface area contributed by atoms with Gasteiger partial charge in [0.1, 0.15) is 0 Å². The summed E-state index contributed by atoms with van der Waals surface area (Å²) in [5.41, 5.74) is 0. The van der Waals surface area contributed by atoms with Gasteiger partial charge in [0.25, 0.3) is 5.97 Å². The van der Waals surface area contributed by atoms with Crippen molar-refractivity contribution < 1.29 is 35.8 Å². The van der Waals surface area contributed by atoms with Crippen LogP contribution in [0.15, 0.2) is 12.7 Å². The van der Waals surface area contributed by atoms with Crippen molar-refractivity contribution >= 4 is 11.9 Å². The van der Waals surface area contributed by atoms with Crippen LogP contribution >= 0.6 is 0 Å². The van der Waals surface area contributed by atoms with Crippen LogP contribution in [-0.4, -0.2) is 48.1 Å². The fourth-order valence-electron chi connectivity index (χ4n) is 1.76. The van der Waals surface area contributed by atoms with Gasteiger partial charge in [-0.2, -0.15) is 7.05 Å². The molecule has 0 aromatic heterocycles. The summed E-state index contributed by atoms with van der Waals surface area (Å²) in [4.78, 5) is 22.9. The number of carboxylic acid groups (broad SMARTS) is 1. The van der Waals surface area contributed by atoms with Crippen LogP contribution in [0.4, 0.5) is 0 Å². The first-order valence-electron chi connectivity index (χ1n) is 6.17. The van der Waals surface area contributed by atoms with E-state index in [0.29, 0.717) is 0 Å². The molecule has 0 aromatic carbocycles. The Morgan fingerprint density at radius 1 is 1.32 bits per heavy atom. The predicted molar refractivity (Wildman–Crippen MR) is 71.6 cm³/mol. The minimum absolute atomic E-state index is 0. The third kappa shape index (κ3) is 8.17. The molecule has 1 unspecified atom stereocenters. The van der Waals surface area contributed by atoms with E-state index in [1.165, 1.54) is 13.1 Å². The van der Waals surface area contributed by atoms with Gasteiger partial charge in [-0.05, 0) is 25.0 Å². The van der Waals surface area contributed by atoms with Crippen molar-refractivity contribution in [3.05, 3.63) is 18.0 Å². The standard InChI is InChI=1S/C7H11NO.C6H12NO2.W/c1-2-7(9)8-5-3-4-6-8;1-4(2)5(7-3)6(8)9;/h2H,1,3-6H2;4-5H,1-3H3,(H,8,9);/q;-1;. The van der Waals surface area contributed by atoms with Crippen molar-refractivity contribution in [1.29, 1.82) is 0 Å². The van der Waals surface area contributed by atoms with Gasteiger partial charge in [-0.3, -0.25) is 9.59 Å². The second-order valence-corrected chi connectivity index (χ2v) is 4.52. The summed E-state index contributed by atoms with van der Waals surface area (Å²) in [5, 5.41) is 12.1. The van der Waals surface area contributed by atoms with Crippen molar-refractivity contribution in [2.75, 3.05) is 20.1 Å². The summed E-state index contributed by atoms with van der Waals surface area (Å²) >= 11 is 0. The van der Waals surface area contributed by atoms with Crippen LogP contribution in [0.5, 0.6) is 0 Å². The van der Waals surface area contributed by atoms with Crippen molar-refractivity contribution in [1.82, 2.24) is 4.90 Å². The molecule has 110 valence electrons. The number of rotatable bonds is 4. The van der Waals surface area contributed by atoms with E-state index < -0.39 is 12.0 Å². The third-order valence-corrected chi connectivity index (χ3v) is 2.76. The first-order valence-corrected chi connectivity index (χ1v) is 6.17. The number of carbonyl (C=O) groups is 2. The van der Waals surface area contributed by atoms with Crippen molar-refractivity contribution in [3.63, 3.8) is 0 Å². The second kappa shape index (κ2) is 11.2. The molecule has 1 aliphatic rings. The van der Waals surface area contributed by atoms with Crippen molar-refractivity contribution in [2.45, 2.75) is 32.7 Å². The minimum atomic E-state index is -0.840. The summed E-state index contributed by atoms with van der Waals surface area (Å²) in [6, 6.07) is -0.537. The second-order valence-electron chi connectivity index (χ2n) is 4.52. The fraction of sp³-hybridized carbons (Fsp3) is 0.692. The number of aliphatic carboxylic acids is 1. The van der Waals surface area contributed by atoms with Gasteiger partial charge in [0.15, 0.2) is 0 Å². The molecule has 6 heteroatoms. The molecule has 19 heavy (non-hydrogen) atoms. The van der Waals surface area contributed by atoms with Crippen LogP contribution in [0, 0.1) is 5.92 Å². The monoisotopic (exact) mass is 439 g/mol. The zero-order valence-electron chi connectivity index (χ0n) is 11.8. The maximum absolute atomic E-state index is 10.8. The zero-order valence-corrected chi connectivity index (χ0v) is 14.8. The SMILES string of the molecule is C=CC(=O)N1CCCC1.C[N-]C(C(=O)O)C(C)C.[W]. The van der Waals surface area contributed by atoms with Gasteiger partial charge < -0.3 is 15.3 Å². The van der Waals surface area contributed by atoms with E-state index in [2.05, 4.69) is 11.9 Å². The van der Waals surface area contributed by atoms with Gasteiger partial charge in [-0.25, -0.2) is 0 Å². The molecule has 0 saturated carbocycles. The quantitative estimate of drug-likeness (QED) is 0.681. The largest absolute Gasteiger partial charge is 0.653 e. The Morgan fingerprint density at radius 3 is 2.00 bits per heavy atom. The molecule has 1 heterocycles. The van der Waals surface area contributed by atoms with E-state index in [1.54, 1.807) is 0 Å². The Hall–Kier alpha value is -0.672. The first-order chi connectivity index (χ1) is 8.43. The molecule has 0 radical (unpaired) electrons. The summed E-state index contributed by atoms with van der Waals surface area (Å²) < 4.78 is 0. The Bertz CT molecular complexity index is 290. The summed E-state index contributed by atoms with van der Waals surface area (Å²) in [6.07, 6.45) is 3.68.